The third-order valence-corrected chi connectivity index (χ3v) is 2.36. The number of alkyl carbamates (subject to hydrolysis) is 1. The molecular weight excluding hydrogens is 232 g/mol. The fourth-order valence-electron chi connectivity index (χ4n) is 0.731. The van der Waals surface area contributed by atoms with Crippen LogP contribution in [-0.4, -0.2) is 33.2 Å². The van der Waals surface area contributed by atoms with E-state index in [2.05, 4.69) is 16.6 Å². The van der Waals surface area contributed by atoms with Gasteiger partial charge in [-0.25, -0.2) is 17.9 Å². The minimum absolute atomic E-state index is 0.0909. The van der Waals surface area contributed by atoms with Crippen LogP contribution < -0.4 is 10.0 Å². The highest BCUT2D eigenvalue weighted by Gasteiger charge is 2.15. The molecule has 6 nitrogen and oxygen atoms in total. The van der Waals surface area contributed by atoms with Gasteiger partial charge in [0.05, 0.1) is 0 Å². The van der Waals surface area contributed by atoms with Gasteiger partial charge in [0.15, 0.2) is 0 Å². The van der Waals surface area contributed by atoms with Crippen molar-refractivity contribution >= 4 is 16.1 Å². The molecule has 0 aromatic heterocycles. The molecule has 94 valence electrons. The van der Waals surface area contributed by atoms with Crippen LogP contribution in [0.3, 0.4) is 0 Å². The number of hydrogen-bond donors (Lipinski definition) is 2. The van der Waals surface area contributed by atoms with Crippen LogP contribution in [-0.2, 0) is 14.8 Å². The first-order valence-corrected chi connectivity index (χ1v) is 6.30. The van der Waals surface area contributed by atoms with Crippen molar-refractivity contribution in [2.24, 2.45) is 0 Å². The molecule has 0 aromatic rings. The average Bonchev–Trinajstić information content (AvgIpc) is 2.10. The van der Waals surface area contributed by atoms with Crippen LogP contribution in [0.2, 0.25) is 0 Å². The average molecular weight is 250 g/mol. The van der Waals surface area contributed by atoms with Gasteiger partial charge >= 0.3 is 6.09 Å². The van der Waals surface area contributed by atoms with Crippen molar-refractivity contribution in [1.29, 1.82) is 0 Å². The maximum absolute atomic E-state index is 11.1. The summed E-state index contributed by atoms with van der Waals surface area (Å²) >= 11 is 0. The Morgan fingerprint density at radius 1 is 1.38 bits per heavy atom. The zero-order valence-electron chi connectivity index (χ0n) is 9.74. The first kappa shape index (κ1) is 14.9. The van der Waals surface area contributed by atoms with E-state index in [0.717, 1.165) is 5.41 Å². The smallest absolute Gasteiger partial charge is 0.407 e. The molecule has 0 aliphatic carbocycles. The highest BCUT2D eigenvalue weighted by Crippen LogP contribution is 2.05. The van der Waals surface area contributed by atoms with E-state index in [1.165, 1.54) is 0 Å². The highest BCUT2D eigenvalue weighted by molar-refractivity contribution is 7.92. The molecule has 0 aromatic carbocycles. The molecule has 7 heteroatoms. The zero-order valence-corrected chi connectivity index (χ0v) is 10.6. The highest BCUT2D eigenvalue weighted by atomic mass is 32.2. The van der Waals surface area contributed by atoms with Gasteiger partial charge in [0.1, 0.15) is 5.60 Å². The van der Waals surface area contributed by atoms with Gasteiger partial charge in [-0.15, -0.1) is 0 Å². The SMILES string of the molecule is C=CS(=O)(=O)NCCNC(=O)OC(C)(C)C. The van der Waals surface area contributed by atoms with Gasteiger partial charge in [0.25, 0.3) is 0 Å². The fourth-order valence-corrected chi connectivity index (χ4v) is 1.24. The van der Waals surface area contributed by atoms with Crippen LogP contribution in [0.15, 0.2) is 12.0 Å². The lowest BCUT2D eigenvalue weighted by molar-refractivity contribution is 0.0529. The molecule has 16 heavy (non-hydrogen) atoms. The Bertz CT molecular complexity index is 343. The van der Waals surface area contributed by atoms with Gasteiger partial charge in [-0.2, -0.15) is 0 Å². The summed E-state index contributed by atoms with van der Waals surface area (Å²) in [7, 11) is -3.43. The summed E-state index contributed by atoms with van der Waals surface area (Å²) in [5.41, 5.74) is -0.565. The van der Waals surface area contributed by atoms with Crippen LogP contribution >= 0.6 is 0 Å². The van der Waals surface area contributed by atoms with Gasteiger partial charge in [-0.1, -0.05) is 6.58 Å². The normalized spacial score (nSPS) is 11.9. The van der Waals surface area contributed by atoms with Gasteiger partial charge in [-0.05, 0) is 20.8 Å². The number of hydrogen-bond acceptors (Lipinski definition) is 4. The number of rotatable bonds is 5. The molecule has 0 aliphatic rings. The molecule has 2 N–H and O–H groups in total. The Morgan fingerprint density at radius 3 is 2.38 bits per heavy atom. The summed E-state index contributed by atoms with van der Waals surface area (Å²) in [6.07, 6.45) is -0.578. The topological polar surface area (TPSA) is 84.5 Å². The summed E-state index contributed by atoms with van der Waals surface area (Å²) < 4.78 is 29.0. The third kappa shape index (κ3) is 8.25. The second kappa shape index (κ2) is 5.86. The van der Waals surface area contributed by atoms with E-state index in [9.17, 15) is 13.2 Å². The maximum Gasteiger partial charge on any atom is 0.407 e. The Labute approximate surface area is 96.1 Å². The summed E-state index contributed by atoms with van der Waals surface area (Å²) in [6, 6.07) is 0. The van der Waals surface area contributed by atoms with E-state index in [4.69, 9.17) is 4.74 Å². The predicted octanol–water partition coefficient (Wildman–Crippen LogP) is 0.574. The van der Waals surface area contributed by atoms with E-state index in [1.807, 2.05) is 0 Å². The fraction of sp³-hybridized carbons (Fsp3) is 0.667. The number of nitrogens with one attached hydrogen (secondary N) is 2. The lowest BCUT2D eigenvalue weighted by Gasteiger charge is -2.19. The van der Waals surface area contributed by atoms with Crippen LogP contribution in [0, 0.1) is 0 Å². The Balaban J connectivity index is 3.76. The van der Waals surface area contributed by atoms with Crippen molar-refractivity contribution < 1.29 is 17.9 Å². The largest absolute Gasteiger partial charge is 0.444 e. The molecule has 0 fully saturated rings. The van der Waals surface area contributed by atoms with E-state index < -0.39 is 21.7 Å². The lowest BCUT2D eigenvalue weighted by Crippen LogP contribution is -2.37. The summed E-state index contributed by atoms with van der Waals surface area (Å²) in [4.78, 5) is 11.1. The number of amides is 1. The Hall–Kier alpha value is -1.08. The summed E-state index contributed by atoms with van der Waals surface area (Å²) in [5.74, 6) is 0. The number of carbonyl (C=O) groups excluding carboxylic acids is 1. The molecule has 0 saturated carbocycles. The second-order valence-corrected chi connectivity index (χ2v) is 5.75. The van der Waals surface area contributed by atoms with E-state index in [-0.39, 0.29) is 13.1 Å². The number of carbonyl (C=O) groups is 1. The van der Waals surface area contributed by atoms with Crippen molar-refractivity contribution in [3.05, 3.63) is 12.0 Å². The minimum Gasteiger partial charge on any atom is -0.444 e. The van der Waals surface area contributed by atoms with Crippen LogP contribution in [0.25, 0.3) is 0 Å². The van der Waals surface area contributed by atoms with Crippen LogP contribution in [0.5, 0.6) is 0 Å². The number of ether oxygens (including phenoxy) is 1. The molecule has 0 rings (SSSR count). The van der Waals surface area contributed by atoms with Gasteiger partial charge in [0.2, 0.25) is 10.0 Å². The van der Waals surface area contributed by atoms with Gasteiger partial charge < -0.3 is 10.1 Å². The summed E-state index contributed by atoms with van der Waals surface area (Å²) in [6.45, 7) is 8.61. The molecule has 0 bridgehead atoms. The van der Waals surface area contributed by atoms with Crippen LogP contribution in [0.4, 0.5) is 4.79 Å². The summed E-state index contributed by atoms with van der Waals surface area (Å²) in [5, 5.41) is 3.22. The predicted molar refractivity (Wildman–Crippen MR) is 61.4 cm³/mol. The Morgan fingerprint density at radius 2 is 1.94 bits per heavy atom. The van der Waals surface area contributed by atoms with E-state index in [0.29, 0.717) is 0 Å². The standard InChI is InChI=1S/C9H18N2O4S/c1-5-16(13,14)11-7-6-10-8(12)15-9(2,3)4/h5,11H,1,6-7H2,2-4H3,(H,10,12). The third-order valence-electron chi connectivity index (χ3n) is 1.32. The quantitative estimate of drug-likeness (QED) is 0.699. The van der Waals surface area contributed by atoms with Crippen molar-refractivity contribution in [3.63, 3.8) is 0 Å². The first-order chi connectivity index (χ1) is 7.16. The molecule has 0 aliphatic heterocycles. The second-order valence-electron chi connectivity index (χ2n) is 4.03. The van der Waals surface area contributed by atoms with Gasteiger partial charge in [-0.3, -0.25) is 0 Å². The van der Waals surface area contributed by atoms with Crippen LogP contribution in [0.1, 0.15) is 20.8 Å². The Kier molecular flexibility index (Phi) is 5.46. The molecule has 0 atom stereocenters. The van der Waals surface area contributed by atoms with E-state index >= 15 is 0 Å². The molecule has 0 saturated heterocycles. The number of sulfonamides is 1. The maximum atomic E-state index is 11.1. The lowest BCUT2D eigenvalue weighted by atomic mass is 10.2. The monoisotopic (exact) mass is 250 g/mol. The van der Waals surface area contributed by atoms with Crippen molar-refractivity contribution in [1.82, 2.24) is 10.0 Å². The van der Waals surface area contributed by atoms with Crippen molar-refractivity contribution in [3.8, 4) is 0 Å². The molecular formula is C9H18N2O4S. The zero-order chi connectivity index (χ0) is 12.8. The molecule has 0 heterocycles. The molecule has 0 spiro atoms. The van der Waals surface area contributed by atoms with Crippen molar-refractivity contribution in [2.75, 3.05) is 13.1 Å². The molecule has 1 amide bonds. The van der Waals surface area contributed by atoms with Gasteiger partial charge in [0, 0.05) is 18.5 Å². The molecule has 0 radical (unpaired) electrons. The minimum atomic E-state index is -3.43. The van der Waals surface area contributed by atoms with E-state index in [1.54, 1.807) is 20.8 Å². The molecule has 0 unspecified atom stereocenters. The first-order valence-electron chi connectivity index (χ1n) is 4.75. The van der Waals surface area contributed by atoms with Crippen molar-refractivity contribution in [2.45, 2.75) is 26.4 Å².